The molecule has 1 aromatic rings. The van der Waals surface area contributed by atoms with E-state index in [0.717, 1.165) is 12.1 Å². The molecule has 0 spiro atoms. The van der Waals surface area contributed by atoms with Gasteiger partial charge in [0.1, 0.15) is 18.2 Å². The summed E-state index contributed by atoms with van der Waals surface area (Å²) in [6.45, 7) is 5.34. The van der Waals surface area contributed by atoms with E-state index < -0.39 is 17.5 Å². The Hall–Kier alpha value is -2.02. The van der Waals surface area contributed by atoms with Gasteiger partial charge in [-0.3, -0.25) is 9.59 Å². The Morgan fingerprint density at radius 1 is 1.12 bits per heavy atom. The topological polar surface area (TPSA) is 49.9 Å². The maximum Gasteiger partial charge on any atom is 0.256 e. The number of benzene rings is 1. The summed E-state index contributed by atoms with van der Waals surface area (Å²) in [7, 11) is 0. The third kappa shape index (κ3) is 4.74. The van der Waals surface area contributed by atoms with Crippen LogP contribution in [0.1, 0.15) is 30.6 Å². The molecule has 132 valence electrons. The molecule has 1 aromatic carbocycles. The molecule has 0 aliphatic carbocycles. The molecule has 0 unspecified atom stereocenters. The molecule has 7 heteroatoms. The van der Waals surface area contributed by atoms with Gasteiger partial charge in [0.05, 0.1) is 11.7 Å². The molecule has 1 saturated heterocycles. The Labute approximate surface area is 140 Å². The van der Waals surface area contributed by atoms with Gasteiger partial charge in [-0.25, -0.2) is 8.78 Å². The predicted molar refractivity (Wildman–Crippen MR) is 84.5 cm³/mol. The van der Waals surface area contributed by atoms with Crippen LogP contribution in [0, 0.1) is 11.6 Å². The summed E-state index contributed by atoms with van der Waals surface area (Å²) >= 11 is 0. The van der Waals surface area contributed by atoms with Crippen LogP contribution in [0.2, 0.25) is 0 Å². The summed E-state index contributed by atoms with van der Waals surface area (Å²) in [5.41, 5.74) is -0.153. The van der Waals surface area contributed by atoms with Crippen LogP contribution in [-0.4, -0.2) is 60.5 Å². The summed E-state index contributed by atoms with van der Waals surface area (Å²) in [5, 5.41) is 0. The Bertz CT molecular complexity index is 607. The quantitative estimate of drug-likeness (QED) is 0.843. The number of amides is 2. The van der Waals surface area contributed by atoms with E-state index in [9.17, 15) is 18.4 Å². The van der Waals surface area contributed by atoms with Crippen molar-refractivity contribution >= 4 is 11.8 Å². The first kappa shape index (κ1) is 18.3. The minimum atomic E-state index is -0.873. The molecule has 1 fully saturated rings. The van der Waals surface area contributed by atoms with Crippen molar-refractivity contribution in [3.8, 4) is 0 Å². The van der Waals surface area contributed by atoms with Crippen LogP contribution in [-0.2, 0) is 9.53 Å². The molecule has 0 radical (unpaired) electrons. The lowest BCUT2D eigenvalue weighted by atomic mass is 10.1. The second-order valence-corrected chi connectivity index (χ2v) is 6.01. The summed E-state index contributed by atoms with van der Waals surface area (Å²) in [5.74, 6) is -2.20. The zero-order chi connectivity index (χ0) is 17.7. The van der Waals surface area contributed by atoms with Gasteiger partial charge in [-0.15, -0.1) is 0 Å². The number of hydrogen-bond donors (Lipinski definition) is 0. The van der Waals surface area contributed by atoms with E-state index in [1.807, 2.05) is 13.8 Å². The van der Waals surface area contributed by atoms with Gasteiger partial charge < -0.3 is 14.5 Å². The van der Waals surface area contributed by atoms with Crippen LogP contribution < -0.4 is 0 Å². The Morgan fingerprint density at radius 3 is 2.46 bits per heavy atom. The van der Waals surface area contributed by atoms with Crippen molar-refractivity contribution in [3.05, 3.63) is 35.4 Å². The highest BCUT2D eigenvalue weighted by Gasteiger charge is 2.24. The van der Waals surface area contributed by atoms with E-state index in [-0.39, 0.29) is 24.2 Å². The van der Waals surface area contributed by atoms with E-state index in [2.05, 4.69) is 0 Å². The predicted octanol–water partition coefficient (Wildman–Crippen LogP) is 2.06. The third-order valence-electron chi connectivity index (χ3n) is 3.84. The van der Waals surface area contributed by atoms with Crippen molar-refractivity contribution < 1.29 is 23.1 Å². The van der Waals surface area contributed by atoms with Gasteiger partial charge in [-0.2, -0.15) is 0 Å². The molecular formula is C17H22F2N2O3. The van der Waals surface area contributed by atoms with Crippen molar-refractivity contribution in [1.29, 1.82) is 0 Å². The number of rotatable bonds is 4. The highest BCUT2D eigenvalue weighted by molar-refractivity contribution is 5.94. The average molecular weight is 340 g/mol. The Balaban J connectivity index is 1.97. The molecule has 0 bridgehead atoms. The minimum Gasteiger partial charge on any atom is -0.369 e. The Kier molecular flexibility index (Phi) is 6.25. The fraction of sp³-hybridized carbons (Fsp3) is 0.529. The highest BCUT2D eigenvalue weighted by Crippen LogP contribution is 2.14. The summed E-state index contributed by atoms with van der Waals surface area (Å²) in [6, 6.07) is 2.91. The van der Waals surface area contributed by atoms with Gasteiger partial charge >= 0.3 is 0 Å². The smallest absolute Gasteiger partial charge is 0.256 e. The first-order valence-corrected chi connectivity index (χ1v) is 8.02. The molecule has 0 saturated carbocycles. The van der Waals surface area contributed by atoms with Crippen LogP contribution >= 0.6 is 0 Å². The van der Waals surface area contributed by atoms with Gasteiger partial charge in [0.2, 0.25) is 5.91 Å². The molecule has 1 aliphatic heterocycles. The van der Waals surface area contributed by atoms with Gasteiger partial charge in [-0.1, -0.05) is 0 Å². The van der Waals surface area contributed by atoms with Crippen molar-refractivity contribution in [2.75, 3.05) is 32.8 Å². The maximum absolute atomic E-state index is 13.8. The number of ether oxygens (including phenoxy) is 1. The van der Waals surface area contributed by atoms with Gasteiger partial charge in [-0.05, 0) is 32.4 Å². The lowest BCUT2D eigenvalue weighted by Gasteiger charge is -2.22. The Morgan fingerprint density at radius 2 is 1.79 bits per heavy atom. The zero-order valence-electron chi connectivity index (χ0n) is 13.9. The highest BCUT2D eigenvalue weighted by atomic mass is 19.1. The number of halogens is 2. The minimum absolute atomic E-state index is 0.0121. The normalized spacial score (nSPS) is 15.5. The van der Waals surface area contributed by atoms with Gasteiger partial charge in [0, 0.05) is 32.2 Å². The van der Waals surface area contributed by atoms with Crippen LogP contribution in [0.3, 0.4) is 0 Å². The van der Waals surface area contributed by atoms with Crippen LogP contribution in [0.4, 0.5) is 8.78 Å². The molecule has 2 rings (SSSR count). The fourth-order valence-electron chi connectivity index (χ4n) is 2.53. The maximum atomic E-state index is 13.8. The second kappa shape index (κ2) is 8.19. The second-order valence-electron chi connectivity index (χ2n) is 6.01. The van der Waals surface area contributed by atoms with Crippen LogP contribution in [0.25, 0.3) is 0 Å². The number of carbonyl (C=O) groups is 2. The molecule has 24 heavy (non-hydrogen) atoms. The summed E-state index contributed by atoms with van der Waals surface area (Å²) in [6.07, 6.45) is 0.572. The van der Waals surface area contributed by atoms with Crippen molar-refractivity contribution in [1.82, 2.24) is 9.80 Å². The standard InChI is InChI=1S/C17H22F2N2O3/c1-12(2)24-11-16(22)20-6-3-7-21(9-8-20)17(23)14-5-4-13(18)10-15(14)19/h4-5,10,12H,3,6-9,11H2,1-2H3. The first-order chi connectivity index (χ1) is 11.4. The molecule has 1 aliphatic rings. The van der Waals surface area contributed by atoms with E-state index in [1.165, 1.54) is 4.90 Å². The number of carbonyl (C=O) groups excluding carboxylic acids is 2. The van der Waals surface area contributed by atoms with Gasteiger partial charge in [0.25, 0.3) is 5.91 Å². The van der Waals surface area contributed by atoms with Crippen LogP contribution in [0.5, 0.6) is 0 Å². The fourth-order valence-corrected chi connectivity index (χ4v) is 2.53. The molecule has 1 heterocycles. The largest absolute Gasteiger partial charge is 0.369 e. The lowest BCUT2D eigenvalue weighted by molar-refractivity contribution is -0.137. The first-order valence-electron chi connectivity index (χ1n) is 8.02. The van der Waals surface area contributed by atoms with Crippen LogP contribution in [0.15, 0.2) is 18.2 Å². The molecule has 2 amide bonds. The van der Waals surface area contributed by atoms with E-state index in [0.29, 0.717) is 38.7 Å². The SMILES string of the molecule is CC(C)OCC(=O)N1CCCN(C(=O)c2ccc(F)cc2F)CC1. The van der Waals surface area contributed by atoms with E-state index in [1.54, 1.807) is 4.90 Å². The van der Waals surface area contributed by atoms with Crippen molar-refractivity contribution in [2.24, 2.45) is 0 Å². The van der Waals surface area contributed by atoms with Gasteiger partial charge in [0.15, 0.2) is 0 Å². The third-order valence-corrected chi connectivity index (χ3v) is 3.84. The number of nitrogens with zero attached hydrogens (tertiary/aromatic N) is 2. The molecule has 5 nitrogen and oxygen atoms in total. The molecular weight excluding hydrogens is 318 g/mol. The number of hydrogen-bond acceptors (Lipinski definition) is 3. The molecule has 0 N–H and O–H groups in total. The van der Waals surface area contributed by atoms with Crippen molar-refractivity contribution in [3.63, 3.8) is 0 Å². The lowest BCUT2D eigenvalue weighted by Crippen LogP contribution is -2.39. The monoisotopic (exact) mass is 340 g/mol. The summed E-state index contributed by atoms with van der Waals surface area (Å²) in [4.78, 5) is 27.6. The van der Waals surface area contributed by atoms with Crippen molar-refractivity contribution in [2.45, 2.75) is 26.4 Å². The van der Waals surface area contributed by atoms with E-state index in [4.69, 9.17) is 4.74 Å². The van der Waals surface area contributed by atoms with E-state index >= 15 is 0 Å². The molecule has 0 atom stereocenters. The summed E-state index contributed by atoms with van der Waals surface area (Å²) < 4.78 is 32.0. The molecule has 0 aromatic heterocycles. The zero-order valence-corrected chi connectivity index (χ0v) is 13.9. The average Bonchev–Trinajstić information content (AvgIpc) is 2.78.